The van der Waals surface area contributed by atoms with Crippen LogP contribution in [0.1, 0.15) is 48.4 Å². The second-order valence-corrected chi connectivity index (χ2v) is 8.99. The molecule has 0 spiro atoms. The van der Waals surface area contributed by atoms with Crippen LogP contribution in [0.4, 0.5) is 32.0 Å². The number of benzene rings is 3. The Morgan fingerprint density at radius 2 is 1.33 bits per heavy atom. The van der Waals surface area contributed by atoms with Gasteiger partial charge in [-0.2, -0.15) is 26.3 Å². The van der Waals surface area contributed by atoms with Crippen molar-refractivity contribution in [3.05, 3.63) is 89.0 Å². The summed E-state index contributed by atoms with van der Waals surface area (Å²) in [4.78, 5) is 12.0. The number of hydrogen-bond acceptors (Lipinski definition) is 2. The molecule has 0 aliphatic rings. The van der Waals surface area contributed by atoms with Crippen molar-refractivity contribution in [2.24, 2.45) is 5.92 Å². The maximum Gasteiger partial charge on any atom is 0.416 e. The maximum atomic E-state index is 13.0. The van der Waals surface area contributed by atoms with Gasteiger partial charge in [0.25, 0.3) is 0 Å². The number of nitrogens with one attached hydrogen (secondary N) is 1. The van der Waals surface area contributed by atoms with Crippen LogP contribution in [-0.2, 0) is 23.7 Å². The fourth-order valence-electron chi connectivity index (χ4n) is 3.84. The SMILES string of the molecule is CC(C)C[C@@H](C(=O)O)c1cc(NCc2ccc(C(F)(F)F)cc2)cc(-c2ccc(C(F)(F)F)cc2)c1. The fraction of sp³-hybridized carbons (Fsp3) is 0.296. The van der Waals surface area contributed by atoms with Gasteiger partial charge in [-0.05, 0) is 71.0 Å². The van der Waals surface area contributed by atoms with Crippen LogP contribution in [0.25, 0.3) is 11.1 Å². The van der Waals surface area contributed by atoms with Crippen LogP contribution in [-0.4, -0.2) is 11.1 Å². The number of rotatable bonds is 8. The molecule has 0 unspecified atom stereocenters. The number of carboxylic acid groups (broad SMARTS) is 1. The van der Waals surface area contributed by atoms with Crippen molar-refractivity contribution in [1.29, 1.82) is 0 Å². The van der Waals surface area contributed by atoms with E-state index in [0.29, 0.717) is 34.4 Å². The normalized spacial score (nSPS) is 13.0. The zero-order valence-electron chi connectivity index (χ0n) is 19.5. The Bertz CT molecular complexity index is 1180. The Morgan fingerprint density at radius 3 is 1.81 bits per heavy atom. The molecule has 0 aliphatic heterocycles. The van der Waals surface area contributed by atoms with Gasteiger partial charge in [0.2, 0.25) is 0 Å². The summed E-state index contributed by atoms with van der Waals surface area (Å²) in [5, 5.41) is 12.9. The van der Waals surface area contributed by atoms with E-state index in [9.17, 15) is 36.2 Å². The minimum atomic E-state index is -4.49. The third kappa shape index (κ3) is 7.02. The molecule has 3 aromatic carbocycles. The minimum Gasteiger partial charge on any atom is -0.481 e. The second-order valence-electron chi connectivity index (χ2n) is 8.99. The van der Waals surface area contributed by atoms with Crippen molar-refractivity contribution >= 4 is 11.7 Å². The first-order valence-corrected chi connectivity index (χ1v) is 11.2. The molecule has 36 heavy (non-hydrogen) atoms. The van der Waals surface area contributed by atoms with E-state index < -0.39 is 35.4 Å². The van der Waals surface area contributed by atoms with Gasteiger partial charge >= 0.3 is 18.3 Å². The third-order valence-corrected chi connectivity index (χ3v) is 5.69. The topological polar surface area (TPSA) is 49.3 Å². The largest absolute Gasteiger partial charge is 0.481 e. The zero-order valence-corrected chi connectivity index (χ0v) is 19.5. The predicted octanol–water partition coefficient (Wildman–Crippen LogP) is 8.22. The van der Waals surface area contributed by atoms with Crippen molar-refractivity contribution in [1.82, 2.24) is 0 Å². The lowest BCUT2D eigenvalue weighted by Gasteiger charge is -2.19. The fourth-order valence-corrected chi connectivity index (χ4v) is 3.84. The van der Waals surface area contributed by atoms with Crippen LogP contribution in [0, 0.1) is 5.92 Å². The first-order valence-electron chi connectivity index (χ1n) is 11.2. The van der Waals surface area contributed by atoms with Crippen LogP contribution in [0.5, 0.6) is 0 Å². The van der Waals surface area contributed by atoms with E-state index in [0.717, 1.165) is 24.3 Å². The number of alkyl halides is 6. The molecule has 0 heterocycles. The van der Waals surface area contributed by atoms with E-state index in [4.69, 9.17) is 0 Å². The summed E-state index contributed by atoms with van der Waals surface area (Å²) in [5.41, 5.74) is 0.964. The Balaban J connectivity index is 1.96. The molecule has 192 valence electrons. The third-order valence-electron chi connectivity index (χ3n) is 5.69. The first-order chi connectivity index (χ1) is 16.7. The first kappa shape index (κ1) is 27.1. The van der Waals surface area contributed by atoms with Gasteiger partial charge in [0.1, 0.15) is 0 Å². The highest BCUT2D eigenvalue weighted by molar-refractivity contribution is 5.79. The summed E-state index contributed by atoms with van der Waals surface area (Å²) >= 11 is 0. The van der Waals surface area contributed by atoms with Crippen LogP contribution in [0.2, 0.25) is 0 Å². The Labute approximate surface area is 204 Å². The highest BCUT2D eigenvalue weighted by atomic mass is 19.4. The quantitative estimate of drug-likeness (QED) is 0.301. The molecular formula is C27H25F6NO2. The van der Waals surface area contributed by atoms with Crippen molar-refractivity contribution in [2.45, 2.75) is 45.1 Å². The van der Waals surface area contributed by atoms with Gasteiger partial charge in [0, 0.05) is 12.2 Å². The summed E-state index contributed by atoms with van der Waals surface area (Å²) in [6.45, 7) is 3.94. The molecule has 1 atom stereocenters. The lowest BCUT2D eigenvalue weighted by molar-refractivity contribution is -0.139. The van der Waals surface area contributed by atoms with Crippen molar-refractivity contribution < 1.29 is 36.2 Å². The van der Waals surface area contributed by atoms with Gasteiger partial charge in [-0.25, -0.2) is 0 Å². The summed E-state index contributed by atoms with van der Waals surface area (Å²) < 4.78 is 77.4. The number of halogens is 6. The van der Waals surface area contributed by atoms with E-state index >= 15 is 0 Å². The highest BCUT2D eigenvalue weighted by Gasteiger charge is 2.31. The molecule has 0 saturated heterocycles. The Hall–Kier alpha value is -3.49. The average molecular weight is 509 g/mol. The molecule has 0 saturated carbocycles. The summed E-state index contributed by atoms with van der Waals surface area (Å²) in [7, 11) is 0. The minimum absolute atomic E-state index is 0.0735. The van der Waals surface area contributed by atoms with E-state index in [1.165, 1.54) is 24.3 Å². The van der Waals surface area contributed by atoms with E-state index in [1.807, 2.05) is 13.8 Å². The molecule has 0 amide bonds. The maximum absolute atomic E-state index is 13.0. The van der Waals surface area contributed by atoms with Gasteiger partial charge in [-0.3, -0.25) is 4.79 Å². The molecule has 2 N–H and O–H groups in total. The monoisotopic (exact) mass is 509 g/mol. The highest BCUT2D eigenvalue weighted by Crippen LogP contribution is 2.35. The van der Waals surface area contributed by atoms with E-state index in [1.54, 1.807) is 18.2 Å². The molecule has 0 fully saturated rings. The number of anilines is 1. The van der Waals surface area contributed by atoms with Crippen molar-refractivity contribution in [3.8, 4) is 11.1 Å². The molecule has 9 heteroatoms. The summed E-state index contributed by atoms with van der Waals surface area (Å²) in [6.07, 6.45) is -8.58. The Kier molecular flexibility index (Phi) is 8.01. The second kappa shape index (κ2) is 10.6. The molecule has 0 aliphatic carbocycles. The average Bonchev–Trinajstić information content (AvgIpc) is 2.80. The van der Waals surface area contributed by atoms with Gasteiger partial charge in [-0.15, -0.1) is 0 Å². The predicted molar refractivity (Wildman–Crippen MR) is 125 cm³/mol. The zero-order chi connectivity index (χ0) is 26.7. The van der Waals surface area contributed by atoms with Gasteiger partial charge in [0.05, 0.1) is 17.0 Å². The molecular weight excluding hydrogens is 484 g/mol. The van der Waals surface area contributed by atoms with Crippen molar-refractivity contribution in [2.75, 3.05) is 5.32 Å². The molecule has 0 radical (unpaired) electrons. The van der Waals surface area contributed by atoms with Crippen LogP contribution >= 0.6 is 0 Å². The summed E-state index contributed by atoms with van der Waals surface area (Å²) in [5.74, 6) is -1.79. The molecule has 3 aromatic rings. The number of carboxylic acids is 1. The van der Waals surface area contributed by atoms with Gasteiger partial charge in [-0.1, -0.05) is 44.2 Å². The van der Waals surface area contributed by atoms with E-state index in [-0.39, 0.29) is 12.5 Å². The van der Waals surface area contributed by atoms with Gasteiger partial charge < -0.3 is 10.4 Å². The van der Waals surface area contributed by atoms with Crippen LogP contribution < -0.4 is 5.32 Å². The smallest absolute Gasteiger partial charge is 0.416 e. The lowest BCUT2D eigenvalue weighted by atomic mass is 9.88. The molecule has 0 bridgehead atoms. The van der Waals surface area contributed by atoms with Crippen LogP contribution in [0.15, 0.2) is 66.7 Å². The van der Waals surface area contributed by atoms with Crippen molar-refractivity contribution in [3.63, 3.8) is 0 Å². The van der Waals surface area contributed by atoms with Crippen LogP contribution in [0.3, 0.4) is 0 Å². The molecule has 0 aromatic heterocycles. The molecule has 3 nitrogen and oxygen atoms in total. The summed E-state index contributed by atoms with van der Waals surface area (Å²) in [6, 6.07) is 14.2. The number of carbonyl (C=O) groups is 1. The number of hydrogen-bond donors (Lipinski definition) is 2. The molecule has 3 rings (SSSR count). The number of aliphatic carboxylic acids is 1. The standard InChI is InChI=1S/C27H25F6NO2/c1-16(2)11-24(25(35)36)20-12-19(18-5-9-22(10-6-18)27(31,32)33)13-23(14-20)34-15-17-3-7-21(8-4-17)26(28,29)30/h3-10,12-14,16,24,34H,11,15H2,1-2H3,(H,35,36)/t24-/m1/s1. The van der Waals surface area contributed by atoms with E-state index in [2.05, 4.69) is 5.32 Å². The lowest BCUT2D eigenvalue weighted by Crippen LogP contribution is -2.14. The Morgan fingerprint density at radius 1 is 0.806 bits per heavy atom. The van der Waals surface area contributed by atoms with Gasteiger partial charge in [0.15, 0.2) is 0 Å².